The van der Waals surface area contributed by atoms with E-state index < -0.39 is 29.4 Å². The van der Waals surface area contributed by atoms with Gasteiger partial charge in [-0.05, 0) is 61.3 Å². The molecule has 1 N–H and O–H groups in total. The summed E-state index contributed by atoms with van der Waals surface area (Å²) in [6.45, 7) is 0.584. The smallest absolute Gasteiger partial charge is 0.416 e. The van der Waals surface area contributed by atoms with Crippen molar-refractivity contribution < 1.29 is 45.4 Å². The van der Waals surface area contributed by atoms with Crippen molar-refractivity contribution in [3.8, 4) is 11.3 Å². The number of aromatic nitrogens is 1. The Morgan fingerprint density at radius 2 is 1.52 bits per heavy atom. The summed E-state index contributed by atoms with van der Waals surface area (Å²) in [5.41, 5.74) is -0.0924. The third kappa shape index (κ3) is 8.04. The molecule has 3 aromatic rings. The third-order valence-electron chi connectivity index (χ3n) is 6.22. The first kappa shape index (κ1) is 30.6. The molecule has 2 atom stereocenters. The normalized spacial score (nSPS) is 17.3. The number of carbonyl (C=O) groups is 2. The molecule has 40 heavy (non-hydrogen) atoms. The molecule has 0 aliphatic carbocycles. The number of pyridine rings is 1. The van der Waals surface area contributed by atoms with Gasteiger partial charge in [-0.3, -0.25) is 9.78 Å². The molecule has 1 aromatic heterocycles. The molecule has 2 unspecified atom stereocenters. The van der Waals surface area contributed by atoms with E-state index in [2.05, 4.69) is 15.0 Å². The van der Waals surface area contributed by atoms with Crippen LogP contribution in [0.3, 0.4) is 0 Å². The highest BCUT2D eigenvalue weighted by Gasteiger charge is 2.33. The molecule has 214 valence electrons. The van der Waals surface area contributed by atoms with Gasteiger partial charge in [0.05, 0.1) is 42.5 Å². The lowest BCUT2D eigenvalue weighted by Crippen LogP contribution is -2.35. The maximum absolute atomic E-state index is 12.7. The van der Waals surface area contributed by atoms with Crippen LogP contribution in [-0.2, 0) is 26.6 Å². The molecule has 0 radical (unpaired) electrons. The molecule has 1 aliphatic rings. The van der Waals surface area contributed by atoms with Gasteiger partial charge in [0, 0.05) is 17.8 Å². The van der Waals surface area contributed by atoms with Crippen molar-refractivity contribution >= 4 is 11.9 Å². The van der Waals surface area contributed by atoms with Crippen LogP contribution in [0.5, 0.6) is 0 Å². The van der Waals surface area contributed by atoms with Crippen molar-refractivity contribution in [3.63, 3.8) is 0 Å². The standard InChI is InChI=1S/C14H16F3NO2.C14H10F3NO2/c2*1-20-13(19)10-5-6-18-12(8-10)9-3-2-4-11(7-9)14(15,16)17/h2-4,7,10,12,18H,5-6,8H2,1H3;2-8H,1H3. The average molecular weight is 569 g/mol. The number of esters is 2. The first-order valence-electron chi connectivity index (χ1n) is 12.0. The number of nitrogens with zero attached hydrogens (tertiary/aromatic N) is 1. The number of halogens is 6. The number of carbonyl (C=O) groups excluding carboxylic acids is 2. The molecule has 1 fully saturated rings. The van der Waals surface area contributed by atoms with E-state index in [0.717, 1.165) is 24.3 Å². The highest BCUT2D eigenvalue weighted by molar-refractivity contribution is 5.90. The van der Waals surface area contributed by atoms with E-state index in [1.807, 2.05) is 0 Å². The molecular weight excluding hydrogens is 542 g/mol. The van der Waals surface area contributed by atoms with Crippen LogP contribution in [0.15, 0.2) is 66.9 Å². The molecular formula is C28H26F6N2O4. The SMILES string of the molecule is COC(=O)C1CCNC(c2cccc(C(F)(F)F)c2)C1.COC(=O)c1ccnc(-c2cccc(C(F)(F)F)c2)c1. The van der Waals surface area contributed by atoms with Crippen molar-refractivity contribution in [1.29, 1.82) is 0 Å². The van der Waals surface area contributed by atoms with Crippen LogP contribution in [0, 0.1) is 5.92 Å². The van der Waals surface area contributed by atoms with Gasteiger partial charge in [-0.15, -0.1) is 0 Å². The Balaban J connectivity index is 0.000000220. The van der Waals surface area contributed by atoms with Crippen LogP contribution >= 0.6 is 0 Å². The van der Waals surface area contributed by atoms with Gasteiger partial charge in [-0.2, -0.15) is 26.3 Å². The number of alkyl halides is 6. The molecule has 2 heterocycles. The lowest BCUT2D eigenvalue weighted by atomic mass is 9.88. The molecule has 4 rings (SSSR count). The van der Waals surface area contributed by atoms with Gasteiger partial charge in [0.1, 0.15) is 0 Å². The number of hydrogen-bond donors (Lipinski definition) is 1. The van der Waals surface area contributed by atoms with Crippen LogP contribution in [0.4, 0.5) is 26.3 Å². The van der Waals surface area contributed by atoms with E-state index in [9.17, 15) is 35.9 Å². The Labute approximate surface area is 226 Å². The summed E-state index contributed by atoms with van der Waals surface area (Å²) < 4.78 is 85.3. The summed E-state index contributed by atoms with van der Waals surface area (Å²) in [6.07, 6.45) is -6.33. The first-order valence-corrected chi connectivity index (χ1v) is 12.0. The van der Waals surface area contributed by atoms with Crippen molar-refractivity contribution in [1.82, 2.24) is 10.3 Å². The third-order valence-corrected chi connectivity index (χ3v) is 6.22. The molecule has 0 bridgehead atoms. The molecule has 0 spiro atoms. The minimum absolute atomic E-state index is 0.231. The Morgan fingerprint density at radius 1 is 0.875 bits per heavy atom. The largest absolute Gasteiger partial charge is 0.469 e. The monoisotopic (exact) mass is 568 g/mol. The van der Waals surface area contributed by atoms with Crippen LogP contribution < -0.4 is 5.32 Å². The Bertz CT molecular complexity index is 1330. The van der Waals surface area contributed by atoms with Crippen LogP contribution in [-0.4, -0.2) is 37.7 Å². The number of benzene rings is 2. The van der Waals surface area contributed by atoms with Gasteiger partial charge >= 0.3 is 24.3 Å². The summed E-state index contributed by atoms with van der Waals surface area (Å²) >= 11 is 0. The number of nitrogens with one attached hydrogen (secondary N) is 1. The van der Waals surface area contributed by atoms with Crippen molar-refractivity contribution in [2.45, 2.75) is 31.2 Å². The Morgan fingerprint density at radius 3 is 2.15 bits per heavy atom. The highest BCUT2D eigenvalue weighted by Crippen LogP contribution is 2.34. The highest BCUT2D eigenvalue weighted by atomic mass is 19.4. The second-order valence-electron chi connectivity index (χ2n) is 8.87. The van der Waals surface area contributed by atoms with E-state index in [1.165, 1.54) is 50.7 Å². The molecule has 0 amide bonds. The first-order chi connectivity index (χ1) is 18.8. The summed E-state index contributed by atoms with van der Waals surface area (Å²) in [5, 5.41) is 3.15. The van der Waals surface area contributed by atoms with E-state index >= 15 is 0 Å². The average Bonchev–Trinajstić information content (AvgIpc) is 2.96. The lowest BCUT2D eigenvalue weighted by molar-refractivity contribution is -0.146. The quantitative estimate of drug-likeness (QED) is 0.287. The predicted octanol–water partition coefficient (Wildman–Crippen LogP) is 6.47. The number of methoxy groups -OCH3 is 2. The number of piperidine rings is 1. The fraction of sp³-hybridized carbons (Fsp3) is 0.321. The summed E-state index contributed by atoms with van der Waals surface area (Å²) in [5.74, 6) is -1.13. The minimum Gasteiger partial charge on any atom is -0.469 e. The minimum atomic E-state index is -4.42. The van der Waals surface area contributed by atoms with Crippen molar-refractivity contribution in [2.24, 2.45) is 5.92 Å². The van der Waals surface area contributed by atoms with Gasteiger partial charge in [0.15, 0.2) is 0 Å². The number of rotatable bonds is 4. The van der Waals surface area contributed by atoms with Crippen LogP contribution in [0.1, 0.15) is 45.9 Å². The van der Waals surface area contributed by atoms with Gasteiger partial charge in [0.2, 0.25) is 0 Å². The van der Waals surface area contributed by atoms with Crippen molar-refractivity contribution in [3.05, 3.63) is 89.1 Å². The van der Waals surface area contributed by atoms with Gasteiger partial charge in [-0.25, -0.2) is 4.79 Å². The molecule has 0 saturated carbocycles. The number of ether oxygens (including phenoxy) is 2. The van der Waals surface area contributed by atoms with Gasteiger partial charge < -0.3 is 14.8 Å². The maximum Gasteiger partial charge on any atom is 0.416 e. The molecule has 1 saturated heterocycles. The Kier molecular flexibility index (Phi) is 9.91. The lowest BCUT2D eigenvalue weighted by Gasteiger charge is -2.29. The van der Waals surface area contributed by atoms with E-state index in [0.29, 0.717) is 24.9 Å². The Hall–Kier alpha value is -3.93. The fourth-order valence-corrected chi connectivity index (χ4v) is 4.17. The van der Waals surface area contributed by atoms with E-state index in [1.54, 1.807) is 6.07 Å². The molecule has 1 aliphatic heterocycles. The van der Waals surface area contributed by atoms with Gasteiger partial charge in [0.25, 0.3) is 0 Å². The summed E-state index contributed by atoms with van der Waals surface area (Å²) in [7, 11) is 2.55. The fourth-order valence-electron chi connectivity index (χ4n) is 4.17. The number of hydrogen-bond acceptors (Lipinski definition) is 6. The predicted molar refractivity (Wildman–Crippen MR) is 133 cm³/mol. The zero-order valence-corrected chi connectivity index (χ0v) is 21.5. The molecule has 12 heteroatoms. The second-order valence-corrected chi connectivity index (χ2v) is 8.87. The van der Waals surface area contributed by atoms with Crippen LogP contribution in [0.2, 0.25) is 0 Å². The molecule has 6 nitrogen and oxygen atoms in total. The zero-order chi connectivity index (χ0) is 29.5. The van der Waals surface area contributed by atoms with Crippen molar-refractivity contribution in [2.75, 3.05) is 20.8 Å². The van der Waals surface area contributed by atoms with E-state index in [4.69, 9.17) is 4.74 Å². The molecule has 2 aromatic carbocycles. The maximum atomic E-state index is 12.7. The summed E-state index contributed by atoms with van der Waals surface area (Å²) in [6, 6.07) is 12.6. The van der Waals surface area contributed by atoms with Crippen LogP contribution in [0.25, 0.3) is 11.3 Å². The van der Waals surface area contributed by atoms with Gasteiger partial charge in [-0.1, -0.05) is 24.3 Å². The zero-order valence-electron chi connectivity index (χ0n) is 21.5. The second kappa shape index (κ2) is 12.9. The topological polar surface area (TPSA) is 77.5 Å². The van der Waals surface area contributed by atoms with E-state index in [-0.39, 0.29) is 34.7 Å². The summed E-state index contributed by atoms with van der Waals surface area (Å²) in [4.78, 5) is 26.9.